The molecule has 1 N–H and O–H groups in total. The summed E-state index contributed by atoms with van der Waals surface area (Å²) in [4.78, 5) is 1.40. The van der Waals surface area contributed by atoms with Crippen LogP contribution in [0.5, 0.6) is 0 Å². The minimum Gasteiger partial charge on any atom is -0.310 e. The van der Waals surface area contributed by atoms with Gasteiger partial charge in [0.05, 0.1) is 0 Å². The molecule has 1 unspecified atom stereocenters. The van der Waals surface area contributed by atoms with Gasteiger partial charge in [0.25, 0.3) is 0 Å². The van der Waals surface area contributed by atoms with Crippen LogP contribution in [-0.4, -0.2) is 12.3 Å². The van der Waals surface area contributed by atoms with E-state index < -0.39 is 0 Å². The molecule has 1 aromatic rings. The molecule has 0 bridgehead atoms. The lowest BCUT2D eigenvalue weighted by atomic mass is 10.1. The minimum atomic E-state index is 0.460. The third kappa shape index (κ3) is 5.60. The molecule has 0 saturated heterocycles. The predicted molar refractivity (Wildman–Crippen MR) is 78.8 cm³/mol. The maximum Gasteiger partial charge on any atom is 0.0292 e. The molecule has 1 atom stereocenters. The highest BCUT2D eigenvalue weighted by Gasteiger charge is 2.04. The molecule has 1 rings (SSSR count). The summed E-state index contributed by atoms with van der Waals surface area (Å²) < 4.78 is 0. The van der Waals surface area contributed by atoms with Gasteiger partial charge in [0.15, 0.2) is 0 Å². The highest BCUT2D eigenvalue weighted by molar-refractivity contribution is 7.99. The van der Waals surface area contributed by atoms with Gasteiger partial charge in [-0.25, -0.2) is 0 Å². The molecular weight excluding hydrogens is 226 g/mol. The minimum absolute atomic E-state index is 0.460. The second-order valence-electron chi connectivity index (χ2n) is 4.45. The number of nitrogens with one attached hydrogen (secondary N) is 1. The highest BCUT2D eigenvalue weighted by atomic mass is 32.2. The second kappa shape index (κ2) is 8.60. The van der Waals surface area contributed by atoms with Crippen molar-refractivity contribution in [2.24, 2.45) is 0 Å². The average Bonchev–Trinajstić information content (AvgIpc) is 2.36. The van der Waals surface area contributed by atoms with Crippen LogP contribution >= 0.6 is 11.8 Å². The standard InChI is InChI=1S/C15H25NS/c1-4-6-11-17-15-9-7-8-14(12-15)13(3)16-10-5-2/h7-9,12-13,16H,4-6,10-11H2,1-3H3. The normalized spacial score (nSPS) is 12.6. The summed E-state index contributed by atoms with van der Waals surface area (Å²) >= 11 is 1.97. The van der Waals surface area contributed by atoms with Crippen molar-refractivity contribution in [3.63, 3.8) is 0 Å². The van der Waals surface area contributed by atoms with Crippen LogP contribution in [0, 0.1) is 0 Å². The van der Waals surface area contributed by atoms with Crippen molar-refractivity contribution in [3.8, 4) is 0 Å². The summed E-state index contributed by atoms with van der Waals surface area (Å²) in [6, 6.07) is 9.40. The Morgan fingerprint density at radius 2 is 2.06 bits per heavy atom. The third-order valence-electron chi connectivity index (χ3n) is 2.83. The van der Waals surface area contributed by atoms with Crippen LogP contribution in [0.2, 0.25) is 0 Å². The first-order chi connectivity index (χ1) is 8.27. The zero-order chi connectivity index (χ0) is 12.5. The molecule has 1 nitrogen and oxygen atoms in total. The molecular formula is C15H25NS. The van der Waals surface area contributed by atoms with Crippen molar-refractivity contribution in [1.29, 1.82) is 0 Å². The Bertz CT molecular complexity index is 312. The average molecular weight is 251 g/mol. The molecule has 96 valence electrons. The van der Waals surface area contributed by atoms with E-state index in [1.807, 2.05) is 11.8 Å². The van der Waals surface area contributed by atoms with E-state index in [-0.39, 0.29) is 0 Å². The molecule has 2 heteroatoms. The van der Waals surface area contributed by atoms with Crippen molar-refractivity contribution in [3.05, 3.63) is 29.8 Å². The van der Waals surface area contributed by atoms with E-state index in [1.54, 1.807) is 0 Å². The second-order valence-corrected chi connectivity index (χ2v) is 5.62. The summed E-state index contributed by atoms with van der Waals surface area (Å²) in [5.41, 5.74) is 1.40. The molecule has 0 aliphatic rings. The van der Waals surface area contributed by atoms with Crippen molar-refractivity contribution in [1.82, 2.24) is 5.32 Å². The van der Waals surface area contributed by atoms with Crippen LogP contribution in [0.3, 0.4) is 0 Å². The largest absolute Gasteiger partial charge is 0.310 e. The molecule has 0 radical (unpaired) electrons. The fourth-order valence-electron chi connectivity index (χ4n) is 1.69. The number of unbranched alkanes of at least 4 members (excludes halogenated alkanes) is 1. The van der Waals surface area contributed by atoms with Crippen LogP contribution in [0.25, 0.3) is 0 Å². The SMILES string of the molecule is CCCCSc1cccc(C(C)NCCC)c1. The molecule has 0 aliphatic heterocycles. The van der Waals surface area contributed by atoms with Crippen molar-refractivity contribution < 1.29 is 0 Å². The molecule has 0 aliphatic carbocycles. The van der Waals surface area contributed by atoms with Crippen LogP contribution in [0.15, 0.2) is 29.2 Å². The summed E-state index contributed by atoms with van der Waals surface area (Å²) in [5.74, 6) is 1.23. The Labute approximate surface area is 110 Å². The van der Waals surface area contributed by atoms with Gasteiger partial charge in [-0.1, -0.05) is 32.4 Å². The van der Waals surface area contributed by atoms with Gasteiger partial charge < -0.3 is 5.32 Å². The van der Waals surface area contributed by atoms with Gasteiger partial charge in [0, 0.05) is 10.9 Å². The first-order valence-electron chi connectivity index (χ1n) is 6.74. The molecule has 0 aromatic heterocycles. The van der Waals surface area contributed by atoms with Gasteiger partial charge in [-0.2, -0.15) is 0 Å². The smallest absolute Gasteiger partial charge is 0.0292 e. The van der Waals surface area contributed by atoms with Crippen molar-refractivity contribution in [2.75, 3.05) is 12.3 Å². The number of benzene rings is 1. The number of rotatable bonds is 8. The number of hydrogen-bond donors (Lipinski definition) is 1. The first kappa shape index (κ1) is 14.6. The first-order valence-corrected chi connectivity index (χ1v) is 7.72. The fraction of sp³-hybridized carbons (Fsp3) is 0.600. The van der Waals surface area contributed by atoms with E-state index in [0.717, 1.165) is 6.54 Å². The van der Waals surface area contributed by atoms with E-state index in [2.05, 4.69) is 50.4 Å². The maximum absolute atomic E-state index is 3.53. The van der Waals surface area contributed by atoms with Crippen LogP contribution in [0.1, 0.15) is 51.6 Å². The Balaban J connectivity index is 2.52. The van der Waals surface area contributed by atoms with Crippen LogP contribution in [0.4, 0.5) is 0 Å². The molecule has 17 heavy (non-hydrogen) atoms. The molecule has 0 saturated carbocycles. The van der Waals surface area contributed by atoms with E-state index in [1.165, 1.54) is 35.5 Å². The van der Waals surface area contributed by atoms with Gasteiger partial charge in [0.2, 0.25) is 0 Å². The quantitative estimate of drug-likeness (QED) is 0.533. The van der Waals surface area contributed by atoms with E-state index in [0.29, 0.717) is 6.04 Å². The van der Waals surface area contributed by atoms with E-state index in [4.69, 9.17) is 0 Å². The summed E-state index contributed by atoms with van der Waals surface area (Å²) in [6.45, 7) is 7.78. The fourth-order valence-corrected chi connectivity index (χ4v) is 2.75. The zero-order valence-corrected chi connectivity index (χ0v) is 12.1. The summed E-state index contributed by atoms with van der Waals surface area (Å²) in [6.07, 6.45) is 3.77. The lowest BCUT2D eigenvalue weighted by Gasteiger charge is -2.14. The monoisotopic (exact) mass is 251 g/mol. The van der Waals surface area contributed by atoms with Crippen molar-refractivity contribution in [2.45, 2.75) is 51.0 Å². The lowest BCUT2D eigenvalue weighted by molar-refractivity contribution is 0.570. The molecule has 0 fully saturated rings. The third-order valence-corrected chi connectivity index (χ3v) is 3.91. The molecule has 0 spiro atoms. The summed E-state index contributed by atoms with van der Waals surface area (Å²) in [7, 11) is 0. The Hall–Kier alpha value is -0.470. The van der Waals surface area contributed by atoms with Gasteiger partial charge in [-0.15, -0.1) is 11.8 Å². The molecule has 0 amide bonds. The number of thioether (sulfide) groups is 1. The van der Waals surface area contributed by atoms with Gasteiger partial charge >= 0.3 is 0 Å². The Kier molecular flexibility index (Phi) is 7.38. The number of hydrogen-bond acceptors (Lipinski definition) is 2. The van der Waals surface area contributed by atoms with Crippen molar-refractivity contribution >= 4 is 11.8 Å². The zero-order valence-electron chi connectivity index (χ0n) is 11.3. The Morgan fingerprint density at radius 1 is 1.24 bits per heavy atom. The Morgan fingerprint density at radius 3 is 2.76 bits per heavy atom. The highest BCUT2D eigenvalue weighted by Crippen LogP contribution is 2.23. The van der Waals surface area contributed by atoms with Gasteiger partial charge in [-0.3, -0.25) is 0 Å². The van der Waals surface area contributed by atoms with E-state index in [9.17, 15) is 0 Å². The van der Waals surface area contributed by atoms with E-state index >= 15 is 0 Å². The summed E-state index contributed by atoms with van der Waals surface area (Å²) in [5, 5.41) is 3.53. The molecule has 1 aromatic carbocycles. The van der Waals surface area contributed by atoms with Gasteiger partial charge in [0.1, 0.15) is 0 Å². The lowest BCUT2D eigenvalue weighted by Crippen LogP contribution is -2.19. The maximum atomic E-state index is 3.53. The van der Waals surface area contributed by atoms with Gasteiger partial charge in [-0.05, 0) is 49.8 Å². The predicted octanol–water partition coefficient (Wildman–Crippen LogP) is 4.64. The van der Waals surface area contributed by atoms with Crippen LogP contribution < -0.4 is 5.32 Å². The van der Waals surface area contributed by atoms with Crippen LogP contribution in [-0.2, 0) is 0 Å². The molecule has 0 heterocycles. The topological polar surface area (TPSA) is 12.0 Å².